The van der Waals surface area contributed by atoms with Gasteiger partial charge in [-0.2, -0.15) is 0 Å². The Hall–Kier alpha value is -4.29. The van der Waals surface area contributed by atoms with Gasteiger partial charge >= 0.3 is 84.6 Å². The molecule has 8 rings (SSSR count). The Kier molecular flexibility index (Phi) is 15.8. The second-order valence-corrected chi connectivity index (χ2v) is 15.0. The third kappa shape index (κ3) is 10.9. The molecule has 4 aliphatic heterocycles. The van der Waals surface area contributed by atoms with Gasteiger partial charge < -0.3 is 70.4 Å². The second-order valence-electron chi connectivity index (χ2n) is 15.0. The molecule has 2 aromatic heterocycles. The van der Waals surface area contributed by atoms with Crippen molar-refractivity contribution in [3.05, 3.63) is 107 Å². The number of aromatic carboxylic acids is 2. The number of nitrogens with two attached hydrogens (primary N) is 2. The van der Waals surface area contributed by atoms with E-state index < -0.39 is 49.7 Å². The molecule has 10 N–H and O–H groups in total. The van der Waals surface area contributed by atoms with Crippen molar-refractivity contribution in [3.63, 3.8) is 0 Å². The first kappa shape index (κ1) is 48.7. The van der Waals surface area contributed by atoms with E-state index in [1.165, 1.54) is 34.3 Å². The van der Waals surface area contributed by atoms with Crippen LogP contribution < -0.4 is 89.4 Å². The number of rotatable bonds is 10. The van der Waals surface area contributed by atoms with Crippen molar-refractivity contribution in [1.29, 1.82) is 0 Å². The first-order chi connectivity index (χ1) is 28.5. The van der Waals surface area contributed by atoms with Gasteiger partial charge in [-0.15, -0.1) is 0 Å². The molecule has 2 unspecified atom stereocenters. The van der Waals surface area contributed by atoms with E-state index in [0.717, 1.165) is 0 Å². The normalized spacial score (nSPS) is 18.0. The molecule has 62 heavy (non-hydrogen) atoms. The summed E-state index contributed by atoms with van der Waals surface area (Å²) < 4.78 is 21.9. The van der Waals surface area contributed by atoms with Gasteiger partial charge in [-0.05, 0) is 59.4 Å². The van der Waals surface area contributed by atoms with E-state index in [1.807, 2.05) is 0 Å². The molecular weight excluding hydrogens is 832 g/mol. The van der Waals surface area contributed by atoms with E-state index in [4.69, 9.17) is 30.2 Å². The summed E-state index contributed by atoms with van der Waals surface area (Å²) in [7, 11) is 0. The number of amides is 2. The molecule has 2 fully saturated rings. The molecule has 0 aliphatic carbocycles. The SMILES string of the molecule is NC(C(=O)N1CC(Oc2ccc3c(c2C(=O)O)O[B-](O)(O)CC3)C1)c1cccnc1.NC(C(=O)N1CC(Oc2ccc3c(c2C(=O)O)O[B-](O)(O)CC3)C1)c1cccnc1.[Na+].[Na+]. The zero-order valence-electron chi connectivity index (χ0n) is 33.9. The number of hydrogen-bond donors (Lipinski definition) is 8. The van der Waals surface area contributed by atoms with Crippen LogP contribution in [0.1, 0.15) is 55.1 Å². The number of fused-ring (bicyclic) bond motifs is 2. The minimum atomic E-state index is -3.11. The molecule has 0 spiro atoms. The monoisotopic (exact) mass is 874 g/mol. The molecule has 0 bridgehead atoms. The maximum absolute atomic E-state index is 12.5. The zero-order valence-corrected chi connectivity index (χ0v) is 37.9. The molecule has 2 atom stereocenters. The molecule has 4 aliphatic rings. The third-order valence-corrected chi connectivity index (χ3v) is 10.5. The van der Waals surface area contributed by atoms with E-state index in [0.29, 0.717) is 22.3 Å². The summed E-state index contributed by atoms with van der Waals surface area (Å²) in [6.07, 6.45) is 5.94. The largest absolute Gasteiger partial charge is 1.00 e. The van der Waals surface area contributed by atoms with Crippen LogP contribution in [0.2, 0.25) is 12.6 Å². The Morgan fingerprint density at radius 1 is 0.645 bits per heavy atom. The summed E-state index contributed by atoms with van der Waals surface area (Å²) in [5.41, 5.74) is 13.8. The number of pyridine rings is 2. The Morgan fingerprint density at radius 3 is 1.34 bits per heavy atom. The smallest absolute Gasteiger partial charge is 0.669 e. The fraction of sp³-hybridized carbons (Fsp3) is 0.316. The molecule has 24 heteroatoms. The van der Waals surface area contributed by atoms with Gasteiger partial charge in [0.25, 0.3) is 0 Å². The predicted octanol–water partition coefficient (Wildman–Crippen LogP) is -6.14. The van der Waals surface area contributed by atoms with Crippen LogP contribution in [0.3, 0.4) is 0 Å². The van der Waals surface area contributed by atoms with Gasteiger partial charge in [-0.3, -0.25) is 19.6 Å². The van der Waals surface area contributed by atoms with E-state index in [1.54, 1.807) is 48.8 Å². The molecule has 316 valence electrons. The van der Waals surface area contributed by atoms with Gasteiger partial charge in [0, 0.05) is 24.8 Å². The van der Waals surface area contributed by atoms with Gasteiger partial charge in [0.2, 0.25) is 11.8 Å². The van der Waals surface area contributed by atoms with E-state index in [9.17, 15) is 49.5 Å². The van der Waals surface area contributed by atoms with Crippen LogP contribution in [-0.4, -0.2) is 126 Å². The van der Waals surface area contributed by atoms with Gasteiger partial charge in [0.05, 0.1) is 37.7 Å². The molecule has 2 amide bonds. The number of likely N-dealkylation sites (tertiary alicyclic amines) is 2. The van der Waals surface area contributed by atoms with Crippen molar-refractivity contribution < 1.29 is 127 Å². The Bertz CT molecular complexity index is 2130. The number of nitrogens with zero attached hydrogens (tertiary/aromatic N) is 4. The van der Waals surface area contributed by atoms with Crippen LogP contribution in [0.15, 0.2) is 73.3 Å². The van der Waals surface area contributed by atoms with Crippen LogP contribution in [0.4, 0.5) is 0 Å². The average molecular weight is 874 g/mol. The molecule has 20 nitrogen and oxygen atoms in total. The maximum Gasteiger partial charge on any atom is 1.00 e. The summed E-state index contributed by atoms with van der Waals surface area (Å²) in [6, 6.07) is 11.5. The van der Waals surface area contributed by atoms with Crippen molar-refractivity contribution >= 4 is 37.3 Å². The molecule has 2 saturated heterocycles. The summed E-state index contributed by atoms with van der Waals surface area (Å²) in [4.78, 5) is 59.6. The summed E-state index contributed by atoms with van der Waals surface area (Å²) >= 11 is 0. The van der Waals surface area contributed by atoms with E-state index in [-0.39, 0.29) is 157 Å². The molecule has 2 aromatic carbocycles. The number of aryl methyl sites for hydroxylation is 2. The van der Waals surface area contributed by atoms with Crippen LogP contribution in [0.25, 0.3) is 0 Å². The predicted molar refractivity (Wildman–Crippen MR) is 210 cm³/mol. The van der Waals surface area contributed by atoms with Crippen molar-refractivity contribution in [1.82, 2.24) is 19.8 Å². The van der Waals surface area contributed by atoms with Crippen molar-refractivity contribution in [2.75, 3.05) is 26.2 Å². The van der Waals surface area contributed by atoms with E-state index in [2.05, 4.69) is 9.97 Å². The van der Waals surface area contributed by atoms with Gasteiger partial charge in [0.1, 0.15) is 46.9 Å². The molecule has 6 heterocycles. The summed E-state index contributed by atoms with van der Waals surface area (Å²) in [5.74, 6) is -3.26. The Labute approximate surface area is 398 Å². The first-order valence-corrected chi connectivity index (χ1v) is 19.1. The number of carbonyl (C=O) groups is 4. The minimum Gasteiger partial charge on any atom is -0.669 e. The number of carboxylic acids is 2. The van der Waals surface area contributed by atoms with Gasteiger partial charge in [-0.1, -0.05) is 36.9 Å². The standard InChI is InChI=1S/2C19H21BN3O7.2Na/c2*21-16(12-2-1-7-22-8-12)18(24)23-9-13(10-23)29-14-4-3-11-5-6-20(27,28)30-17(11)15(14)19(25)26;;/h2*1-4,7-8,13,16,27-28H,5-6,9-10,21H2,(H,25,26);;/q2*-1;2*+1. The van der Waals surface area contributed by atoms with Crippen LogP contribution in [0.5, 0.6) is 23.0 Å². The number of carboxylic acid groups (broad SMARTS) is 2. The van der Waals surface area contributed by atoms with E-state index >= 15 is 0 Å². The quantitative estimate of drug-likeness (QED) is 0.0688. The van der Waals surface area contributed by atoms with Gasteiger partial charge in [0.15, 0.2) is 0 Å². The molecule has 0 radical (unpaired) electrons. The number of hydrogen-bond acceptors (Lipinski definition) is 16. The Balaban J connectivity index is 0.000000227. The Morgan fingerprint density at radius 2 is 1.02 bits per heavy atom. The second kappa shape index (κ2) is 20.0. The molecule has 4 aromatic rings. The third-order valence-electron chi connectivity index (χ3n) is 10.5. The number of ether oxygens (including phenoxy) is 2. The average Bonchev–Trinajstić information content (AvgIpc) is 3.18. The van der Waals surface area contributed by atoms with Gasteiger partial charge in [-0.25, -0.2) is 9.59 Å². The van der Waals surface area contributed by atoms with Crippen molar-refractivity contribution in [2.45, 2.75) is 49.8 Å². The maximum atomic E-state index is 12.5. The fourth-order valence-corrected chi connectivity index (χ4v) is 7.21. The van der Waals surface area contributed by atoms with Crippen LogP contribution in [-0.2, 0) is 22.4 Å². The number of aromatic nitrogens is 2. The zero-order chi connectivity index (χ0) is 42.9. The fourth-order valence-electron chi connectivity index (χ4n) is 7.21. The molecular formula is C38H42B2N6Na2O14. The number of benzene rings is 2. The van der Waals surface area contributed by atoms with Crippen LogP contribution >= 0.6 is 0 Å². The molecule has 0 saturated carbocycles. The van der Waals surface area contributed by atoms with Crippen LogP contribution in [0, 0.1) is 0 Å². The summed E-state index contributed by atoms with van der Waals surface area (Å²) in [6.45, 7) is -5.23. The topological polar surface area (TPSA) is 311 Å². The number of carbonyl (C=O) groups excluding carboxylic acids is 2. The summed E-state index contributed by atoms with van der Waals surface area (Å²) in [5, 5.41) is 58.5. The van der Waals surface area contributed by atoms with Crippen molar-refractivity contribution in [3.8, 4) is 23.0 Å². The first-order valence-electron chi connectivity index (χ1n) is 19.1. The van der Waals surface area contributed by atoms with Crippen molar-refractivity contribution in [2.24, 2.45) is 11.5 Å². The minimum absolute atomic E-state index is 0.